The largest absolute Gasteiger partial charge is 0.462 e. The summed E-state index contributed by atoms with van der Waals surface area (Å²) in [4.78, 5) is 11.4. The number of carbonyl (C=O) groups is 1. The van der Waals surface area contributed by atoms with E-state index in [1.54, 1.807) is 6.92 Å². The lowest BCUT2D eigenvalue weighted by molar-refractivity contribution is 0.0527. The molecule has 0 aliphatic rings. The third-order valence-corrected chi connectivity index (χ3v) is 1.89. The highest BCUT2D eigenvalue weighted by Gasteiger charge is 2.13. The van der Waals surface area contributed by atoms with Crippen molar-refractivity contribution in [3.8, 4) is 0 Å². The van der Waals surface area contributed by atoms with Crippen LogP contribution in [-0.2, 0) is 4.74 Å². The molecule has 5 heteroatoms. The summed E-state index contributed by atoms with van der Waals surface area (Å²) in [7, 11) is 0. The highest BCUT2D eigenvalue weighted by Crippen LogP contribution is 2.25. The highest BCUT2D eigenvalue weighted by atomic mass is 35.5. The first-order valence-corrected chi connectivity index (χ1v) is 4.45. The molecular weight excluding hydrogens is 204 g/mol. The van der Waals surface area contributed by atoms with Gasteiger partial charge in [0.05, 0.1) is 23.5 Å². The molecule has 1 rings (SSSR count). The Morgan fingerprint density at radius 2 is 2.14 bits per heavy atom. The van der Waals surface area contributed by atoms with Crippen molar-refractivity contribution in [2.75, 3.05) is 18.1 Å². The molecule has 0 atom stereocenters. The second-order valence-electron chi connectivity index (χ2n) is 2.68. The van der Waals surface area contributed by atoms with Gasteiger partial charge in [-0.1, -0.05) is 11.6 Å². The molecule has 1 aromatic carbocycles. The highest BCUT2D eigenvalue weighted by molar-refractivity contribution is 6.31. The van der Waals surface area contributed by atoms with Gasteiger partial charge in [0.2, 0.25) is 0 Å². The Labute approximate surface area is 86.8 Å². The fourth-order valence-corrected chi connectivity index (χ4v) is 1.24. The molecule has 76 valence electrons. The maximum Gasteiger partial charge on any atom is 0.340 e. The van der Waals surface area contributed by atoms with Crippen LogP contribution in [-0.4, -0.2) is 12.6 Å². The summed E-state index contributed by atoms with van der Waals surface area (Å²) < 4.78 is 4.79. The van der Waals surface area contributed by atoms with Gasteiger partial charge in [-0.25, -0.2) is 4.79 Å². The van der Waals surface area contributed by atoms with E-state index in [1.165, 1.54) is 12.1 Å². The van der Waals surface area contributed by atoms with E-state index < -0.39 is 5.97 Å². The zero-order valence-electron chi connectivity index (χ0n) is 7.71. The molecule has 4 N–H and O–H groups in total. The number of hydrogen-bond acceptors (Lipinski definition) is 4. The normalized spacial score (nSPS) is 9.86. The van der Waals surface area contributed by atoms with Crippen LogP contribution in [0.2, 0.25) is 5.02 Å². The topological polar surface area (TPSA) is 78.3 Å². The second-order valence-corrected chi connectivity index (χ2v) is 3.11. The van der Waals surface area contributed by atoms with E-state index in [2.05, 4.69) is 0 Å². The molecule has 1 aromatic rings. The Morgan fingerprint density at radius 1 is 1.50 bits per heavy atom. The Morgan fingerprint density at radius 3 is 2.71 bits per heavy atom. The Hall–Kier alpha value is -1.42. The molecule has 4 nitrogen and oxygen atoms in total. The van der Waals surface area contributed by atoms with Crippen LogP contribution in [0.5, 0.6) is 0 Å². The number of ether oxygens (including phenoxy) is 1. The van der Waals surface area contributed by atoms with Crippen LogP contribution in [0.15, 0.2) is 12.1 Å². The van der Waals surface area contributed by atoms with E-state index in [-0.39, 0.29) is 23.5 Å². The van der Waals surface area contributed by atoms with Crippen molar-refractivity contribution in [3.63, 3.8) is 0 Å². The predicted octanol–water partition coefficient (Wildman–Crippen LogP) is 1.68. The summed E-state index contributed by atoms with van der Waals surface area (Å²) in [5.41, 5.74) is 11.8. The fraction of sp³-hybridized carbons (Fsp3) is 0.222. The minimum Gasteiger partial charge on any atom is -0.462 e. The Balaban J connectivity index is 3.13. The summed E-state index contributed by atoms with van der Waals surface area (Å²) in [6.07, 6.45) is 0. The second kappa shape index (κ2) is 4.19. The molecule has 0 aliphatic carbocycles. The van der Waals surface area contributed by atoms with Crippen LogP contribution in [0.3, 0.4) is 0 Å². The number of nitrogens with two attached hydrogens (primary N) is 2. The number of anilines is 2. The summed E-state index contributed by atoms with van der Waals surface area (Å²) >= 11 is 5.72. The van der Waals surface area contributed by atoms with Gasteiger partial charge in [-0.15, -0.1) is 0 Å². The molecular formula is C9H11ClN2O2. The van der Waals surface area contributed by atoms with Gasteiger partial charge in [-0.2, -0.15) is 0 Å². The smallest absolute Gasteiger partial charge is 0.340 e. The van der Waals surface area contributed by atoms with Crippen LogP contribution < -0.4 is 11.5 Å². The molecule has 0 saturated heterocycles. The average Bonchev–Trinajstić information content (AvgIpc) is 2.11. The van der Waals surface area contributed by atoms with Gasteiger partial charge in [0.25, 0.3) is 0 Å². The van der Waals surface area contributed by atoms with Crippen LogP contribution in [0.4, 0.5) is 11.4 Å². The zero-order valence-corrected chi connectivity index (χ0v) is 8.47. The van der Waals surface area contributed by atoms with Crippen LogP contribution >= 0.6 is 11.6 Å². The minimum atomic E-state index is -0.515. The lowest BCUT2D eigenvalue weighted by Crippen LogP contribution is -2.09. The third kappa shape index (κ3) is 2.09. The maximum absolute atomic E-state index is 11.4. The number of carbonyl (C=O) groups excluding carboxylic acids is 1. The van der Waals surface area contributed by atoms with E-state index in [9.17, 15) is 4.79 Å². The molecule has 0 aromatic heterocycles. The zero-order chi connectivity index (χ0) is 10.7. The quantitative estimate of drug-likeness (QED) is 0.580. The molecule has 0 spiro atoms. The number of hydrogen-bond donors (Lipinski definition) is 2. The molecule has 0 amide bonds. The number of halogens is 1. The molecule has 0 saturated carbocycles. The van der Waals surface area contributed by atoms with E-state index in [1.807, 2.05) is 0 Å². The Bertz CT molecular complexity index is 366. The van der Waals surface area contributed by atoms with Gasteiger partial charge in [-0.05, 0) is 19.1 Å². The summed E-state index contributed by atoms with van der Waals surface area (Å²) in [6.45, 7) is 1.99. The van der Waals surface area contributed by atoms with Crippen molar-refractivity contribution in [2.24, 2.45) is 0 Å². The molecule has 0 unspecified atom stereocenters. The average molecular weight is 215 g/mol. The predicted molar refractivity (Wildman–Crippen MR) is 56.2 cm³/mol. The standard InChI is InChI=1S/C9H11ClN2O2/c1-2-14-9(13)6-3-5(10)4-7(11)8(6)12/h3-4H,2,11-12H2,1H3. The lowest BCUT2D eigenvalue weighted by Gasteiger charge is -2.07. The van der Waals surface area contributed by atoms with E-state index >= 15 is 0 Å². The van der Waals surface area contributed by atoms with Crippen LogP contribution in [0.25, 0.3) is 0 Å². The number of esters is 1. The molecule has 0 aliphatic heterocycles. The van der Waals surface area contributed by atoms with Crippen molar-refractivity contribution in [1.29, 1.82) is 0 Å². The first-order chi connectivity index (χ1) is 6.56. The van der Waals surface area contributed by atoms with Crippen molar-refractivity contribution in [1.82, 2.24) is 0 Å². The first kappa shape index (κ1) is 10.7. The van der Waals surface area contributed by atoms with Gasteiger partial charge in [0, 0.05) is 5.02 Å². The summed E-state index contributed by atoms with van der Waals surface area (Å²) in [6, 6.07) is 2.92. The van der Waals surface area contributed by atoms with Gasteiger partial charge >= 0.3 is 5.97 Å². The summed E-state index contributed by atoms with van der Waals surface area (Å²) in [5.74, 6) is -0.515. The van der Waals surface area contributed by atoms with E-state index in [4.69, 9.17) is 27.8 Å². The molecule has 14 heavy (non-hydrogen) atoms. The SMILES string of the molecule is CCOC(=O)c1cc(Cl)cc(N)c1N. The van der Waals surface area contributed by atoms with Crippen LogP contribution in [0.1, 0.15) is 17.3 Å². The van der Waals surface area contributed by atoms with E-state index in [0.29, 0.717) is 5.02 Å². The first-order valence-electron chi connectivity index (χ1n) is 4.08. The minimum absolute atomic E-state index is 0.202. The van der Waals surface area contributed by atoms with Gasteiger partial charge < -0.3 is 16.2 Å². The van der Waals surface area contributed by atoms with Crippen LogP contribution in [0, 0.1) is 0 Å². The van der Waals surface area contributed by atoms with Crippen molar-refractivity contribution < 1.29 is 9.53 Å². The molecule has 0 heterocycles. The number of nitrogen functional groups attached to an aromatic ring is 2. The molecule has 0 bridgehead atoms. The fourth-order valence-electron chi connectivity index (χ4n) is 1.02. The van der Waals surface area contributed by atoms with E-state index in [0.717, 1.165) is 0 Å². The monoisotopic (exact) mass is 214 g/mol. The molecule has 0 fully saturated rings. The van der Waals surface area contributed by atoms with Crippen molar-refractivity contribution >= 4 is 28.9 Å². The lowest BCUT2D eigenvalue weighted by atomic mass is 10.1. The third-order valence-electron chi connectivity index (χ3n) is 1.67. The maximum atomic E-state index is 11.4. The summed E-state index contributed by atoms with van der Waals surface area (Å²) in [5, 5.41) is 0.361. The van der Waals surface area contributed by atoms with Crippen molar-refractivity contribution in [2.45, 2.75) is 6.92 Å². The van der Waals surface area contributed by atoms with Crippen molar-refractivity contribution in [3.05, 3.63) is 22.7 Å². The van der Waals surface area contributed by atoms with Gasteiger partial charge in [-0.3, -0.25) is 0 Å². The molecule has 0 radical (unpaired) electrons. The van der Waals surface area contributed by atoms with Gasteiger partial charge in [0.15, 0.2) is 0 Å². The van der Waals surface area contributed by atoms with Gasteiger partial charge in [0.1, 0.15) is 0 Å². The Kier molecular flexibility index (Phi) is 3.19. The number of benzene rings is 1. The number of rotatable bonds is 2.